The average Bonchev–Trinajstić information content (AvgIpc) is 2.46. The van der Waals surface area contributed by atoms with Crippen molar-refractivity contribution in [2.75, 3.05) is 0 Å². The number of rotatable bonds is 5. The lowest BCUT2D eigenvalue weighted by Gasteiger charge is -2.06. The molecule has 0 radical (unpaired) electrons. The van der Waals surface area contributed by atoms with E-state index in [-0.39, 0.29) is 6.01 Å². The summed E-state index contributed by atoms with van der Waals surface area (Å²) in [7, 11) is 0. The van der Waals surface area contributed by atoms with E-state index in [0.29, 0.717) is 17.1 Å². The number of nitriles is 1. The van der Waals surface area contributed by atoms with Gasteiger partial charge in [-0.25, -0.2) is 4.98 Å². The Kier molecular flexibility index (Phi) is 4.67. The van der Waals surface area contributed by atoms with E-state index in [2.05, 4.69) is 16.9 Å². The summed E-state index contributed by atoms with van der Waals surface area (Å²) in [6, 6.07) is 11.7. The summed E-state index contributed by atoms with van der Waals surface area (Å²) >= 11 is 0. The van der Waals surface area contributed by atoms with E-state index < -0.39 is 0 Å². The number of aromatic nitrogens is 2. The van der Waals surface area contributed by atoms with Crippen LogP contribution in [0.4, 0.5) is 0 Å². The van der Waals surface area contributed by atoms with Crippen molar-refractivity contribution in [3.8, 4) is 17.8 Å². The molecule has 102 valence electrons. The highest BCUT2D eigenvalue weighted by Gasteiger charge is 2.04. The number of ether oxygens (including phenoxy) is 1. The third-order valence-corrected chi connectivity index (χ3v) is 2.90. The molecule has 4 heteroatoms. The molecule has 0 fully saturated rings. The first-order valence-electron chi connectivity index (χ1n) is 6.74. The van der Waals surface area contributed by atoms with Crippen molar-refractivity contribution >= 4 is 0 Å². The minimum Gasteiger partial charge on any atom is -0.424 e. The number of hydrogen-bond donors (Lipinski definition) is 0. The van der Waals surface area contributed by atoms with Gasteiger partial charge in [0.1, 0.15) is 17.5 Å². The second-order valence-corrected chi connectivity index (χ2v) is 4.64. The first-order valence-corrected chi connectivity index (χ1v) is 6.74. The Hall–Kier alpha value is -2.41. The molecule has 1 aromatic carbocycles. The molecule has 0 aliphatic carbocycles. The van der Waals surface area contributed by atoms with E-state index in [4.69, 9.17) is 10.00 Å². The van der Waals surface area contributed by atoms with Crippen LogP contribution >= 0.6 is 0 Å². The van der Waals surface area contributed by atoms with Gasteiger partial charge in [-0.15, -0.1) is 0 Å². The van der Waals surface area contributed by atoms with Crippen molar-refractivity contribution in [3.63, 3.8) is 0 Å². The maximum absolute atomic E-state index is 8.88. The molecule has 1 aromatic heterocycles. The summed E-state index contributed by atoms with van der Waals surface area (Å²) in [6.07, 6.45) is 3.45. The lowest BCUT2D eigenvalue weighted by molar-refractivity contribution is 0.439. The van der Waals surface area contributed by atoms with Crippen LogP contribution in [0.1, 0.15) is 36.7 Å². The molecule has 0 saturated heterocycles. The van der Waals surface area contributed by atoms with Crippen molar-refractivity contribution in [2.45, 2.75) is 33.1 Å². The highest BCUT2D eigenvalue weighted by molar-refractivity contribution is 5.30. The predicted octanol–water partition coefficient (Wildman–Crippen LogP) is 3.79. The van der Waals surface area contributed by atoms with Crippen LogP contribution in [-0.4, -0.2) is 9.97 Å². The zero-order valence-electron chi connectivity index (χ0n) is 11.8. The standard InChI is InChI=1S/C16H17N3O/c1-3-4-5-13-6-8-15(9-7-13)20-16-18-12(2)10-14(11-17)19-16/h6-10H,3-5H2,1-2H3. The number of benzene rings is 1. The van der Waals surface area contributed by atoms with Gasteiger partial charge in [0.15, 0.2) is 0 Å². The SMILES string of the molecule is CCCCc1ccc(Oc2nc(C)cc(C#N)n2)cc1. The maximum atomic E-state index is 8.88. The lowest BCUT2D eigenvalue weighted by atomic mass is 10.1. The van der Waals surface area contributed by atoms with Crippen molar-refractivity contribution < 1.29 is 4.74 Å². The third kappa shape index (κ3) is 3.79. The summed E-state index contributed by atoms with van der Waals surface area (Å²) in [5, 5.41) is 8.88. The molecular formula is C16H17N3O. The molecule has 0 bridgehead atoms. The van der Waals surface area contributed by atoms with Crippen LogP contribution in [0.2, 0.25) is 0 Å². The van der Waals surface area contributed by atoms with Crippen LogP contribution in [-0.2, 0) is 6.42 Å². The predicted molar refractivity (Wildman–Crippen MR) is 76.6 cm³/mol. The van der Waals surface area contributed by atoms with E-state index in [9.17, 15) is 0 Å². The average molecular weight is 267 g/mol. The van der Waals surface area contributed by atoms with Gasteiger partial charge < -0.3 is 4.74 Å². The smallest absolute Gasteiger partial charge is 0.323 e. The van der Waals surface area contributed by atoms with Crippen LogP contribution in [0, 0.1) is 18.3 Å². The summed E-state index contributed by atoms with van der Waals surface area (Å²) in [4.78, 5) is 8.19. The Morgan fingerprint density at radius 1 is 1.20 bits per heavy atom. The number of nitrogens with zero attached hydrogens (tertiary/aromatic N) is 3. The highest BCUT2D eigenvalue weighted by Crippen LogP contribution is 2.19. The lowest BCUT2D eigenvalue weighted by Crippen LogP contribution is -1.96. The molecule has 2 aromatic rings. The molecular weight excluding hydrogens is 250 g/mol. The molecule has 0 unspecified atom stereocenters. The fourth-order valence-electron chi connectivity index (χ4n) is 1.85. The molecule has 2 rings (SSSR count). The molecule has 0 aliphatic heterocycles. The Labute approximate surface area is 119 Å². The van der Waals surface area contributed by atoms with Gasteiger partial charge in [0.05, 0.1) is 0 Å². The minimum absolute atomic E-state index is 0.211. The van der Waals surface area contributed by atoms with Gasteiger partial charge in [0.25, 0.3) is 0 Å². The monoisotopic (exact) mass is 267 g/mol. The van der Waals surface area contributed by atoms with Gasteiger partial charge >= 0.3 is 6.01 Å². The second kappa shape index (κ2) is 6.67. The van der Waals surface area contributed by atoms with Crippen LogP contribution in [0.3, 0.4) is 0 Å². The van der Waals surface area contributed by atoms with Gasteiger partial charge in [0, 0.05) is 5.69 Å². The maximum Gasteiger partial charge on any atom is 0.323 e. The molecule has 1 heterocycles. The van der Waals surface area contributed by atoms with Crippen molar-refractivity contribution in [1.29, 1.82) is 5.26 Å². The van der Waals surface area contributed by atoms with Crippen molar-refractivity contribution in [3.05, 3.63) is 47.3 Å². The summed E-state index contributed by atoms with van der Waals surface area (Å²) in [5.74, 6) is 0.680. The molecule has 0 saturated carbocycles. The number of hydrogen-bond acceptors (Lipinski definition) is 4. The normalized spacial score (nSPS) is 10.1. The van der Waals surface area contributed by atoms with Crippen LogP contribution in [0.15, 0.2) is 30.3 Å². The van der Waals surface area contributed by atoms with Crippen molar-refractivity contribution in [2.24, 2.45) is 0 Å². The van der Waals surface area contributed by atoms with E-state index in [1.807, 2.05) is 37.3 Å². The highest BCUT2D eigenvalue weighted by atomic mass is 16.5. The Morgan fingerprint density at radius 3 is 2.60 bits per heavy atom. The molecule has 0 N–H and O–H groups in total. The number of aryl methyl sites for hydroxylation is 2. The van der Waals surface area contributed by atoms with Crippen LogP contribution in [0.25, 0.3) is 0 Å². The Balaban J connectivity index is 2.10. The van der Waals surface area contributed by atoms with E-state index in [1.165, 1.54) is 18.4 Å². The van der Waals surface area contributed by atoms with Crippen molar-refractivity contribution in [1.82, 2.24) is 9.97 Å². The fourth-order valence-corrected chi connectivity index (χ4v) is 1.85. The Bertz CT molecular complexity index is 615. The summed E-state index contributed by atoms with van der Waals surface area (Å²) in [5.41, 5.74) is 2.32. The number of unbranched alkanes of at least 4 members (excludes halogenated alkanes) is 1. The van der Waals surface area contributed by atoms with Gasteiger partial charge in [-0.05, 0) is 43.5 Å². The molecule has 0 spiro atoms. The minimum atomic E-state index is 0.211. The van der Waals surface area contributed by atoms with E-state index in [0.717, 1.165) is 6.42 Å². The zero-order chi connectivity index (χ0) is 14.4. The van der Waals surface area contributed by atoms with E-state index in [1.54, 1.807) is 6.07 Å². The largest absolute Gasteiger partial charge is 0.424 e. The topological polar surface area (TPSA) is 58.8 Å². The first kappa shape index (κ1) is 14.0. The Morgan fingerprint density at radius 2 is 1.95 bits per heavy atom. The third-order valence-electron chi connectivity index (χ3n) is 2.90. The van der Waals surface area contributed by atoms with E-state index >= 15 is 0 Å². The molecule has 4 nitrogen and oxygen atoms in total. The van der Waals surface area contributed by atoms with Gasteiger partial charge in [-0.1, -0.05) is 25.5 Å². The van der Waals surface area contributed by atoms with Crippen LogP contribution in [0.5, 0.6) is 11.8 Å². The molecule has 20 heavy (non-hydrogen) atoms. The van der Waals surface area contributed by atoms with Gasteiger partial charge in [0.2, 0.25) is 0 Å². The summed E-state index contributed by atoms with van der Waals surface area (Å²) < 4.78 is 5.59. The second-order valence-electron chi connectivity index (χ2n) is 4.64. The van der Waals surface area contributed by atoms with Crippen LogP contribution < -0.4 is 4.74 Å². The summed E-state index contributed by atoms with van der Waals surface area (Å²) in [6.45, 7) is 3.99. The fraction of sp³-hybridized carbons (Fsp3) is 0.312. The molecule has 0 atom stereocenters. The van der Waals surface area contributed by atoms with Gasteiger partial charge in [-0.3, -0.25) is 0 Å². The van der Waals surface area contributed by atoms with Gasteiger partial charge in [-0.2, -0.15) is 10.2 Å². The molecule has 0 aliphatic rings. The zero-order valence-corrected chi connectivity index (χ0v) is 11.8. The quantitative estimate of drug-likeness (QED) is 0.827. The first-order chi connectivity index (χ1) is 9.71. The molecule has 0 amide bonds.